The fourth-order valence-electron chi connectivity index (χ4n) is 3.32. The second kappa shape index (κ2) is 7.87. The van der Waals surface area contributed by atoms with Crippen molar-refractivity contribution in [2.24, 2.45) is 0 Å². The van der Waals surface area contributed by atoms with Crippen LogP contribution in [0, 0.1) is 13.8 Å². The van der Waals surface area contributed by atoms with Crippen molar-refractivity contribution in [3.8, 4) is 0 Å². The summed E-state index contributed by atoms with van der Waals surface area (Å²) < 4.78 is 34.1. The molecule has 0 radical (unpaired) electrons. The number of nitrogens with zero attached hydrogens (tertiary/aromatic N) is 5. The van der Waals surface area contributed by atoms with Gasteiger partial charge in [-0.1, -0.05) is 5.16 Å². The number of aliphatic hydroxyl groups is 1. The largest absolute Gasteiger partial charge is 0.390 e. The van der Waals surface area contributed by atoms with Gasteiger partial charge in [0.15, 0.2) is 5.76 Å². The Labute approximate surface area is 153 Å². The number of aromatic nitrogens is 3. The van der Waals surface area contributed by atoms with Gasteiger partial charge in [-0.3, -0.25) is 9.58 Å². The van der Waals surface area contributed by atoms with Gasteiger partial charge in [-0.2, -0.15) is 9.40 Å². The Balaban J connectivity index is 1.61. The molecule has 1 atom stereocenters. The lowest BCUT2D eigenvalue weighted by Gasteiger charge is -2.23. The van der Waals surface area contributed by atoms with E-state index in [2.05, 4.69) is 15.2 Å². The molecule has 0 aromatic carbocycles. The first-order chi connectivity index (χ1) is 12.4. The standard InChI is InChI=1S/C16H25N5O4S/c1-13-16(14(2)25-18-13)26(23,24)21-8-4-6-19(9-10-21)11-15(22)12-20-7-3-5-17-20/h3,5,7,15,22H,4,6,8-12H2,1-2H3. The van der Waals surface area contributed by atoms with Gasteiger partial charge >= 0.3 is 0 Å². The number of hydrogen-bond acceptors (Lipinski definition) is 7. The molecule has 1 fully saturated rings. The van der Waals surface area contributed by atoms with E-state index in [1.54, 1.807) is 24.7 Å². The fraction of sp³-hybridized carbons (Fsp3) is 0.625. The Bertz CT molecular complexity index is 798. The zero-order chi connectivity index (χ0) is 18.7. The van der Waals surface area contributed by atoms with Crippen LogP contribution in [0.25, 0.3) is 0 Å². The molecule has 0 amide bonds. The molecule has 1 saturated heterocycles. The van der Waals surface area contributed by atoms with Gasteiger partial charge in [0, 0.05) is 38.6 Å². The Morgan fingerprint density at radius 1 is 1.23 bits per heavy atom. The van der Waals surface area contributed by atoms with Gasteiger partial charge in [-0.05, 0) is 32.9 Å². The van der Waals surface area contributed by atoms with Gasteiger partial charge in [0.1, 0.15) is 10.6 Å². The molecule has 0 saturated carbocycles. The quantitative estimate of drug-likeness (QED) is 0.762. The third-order valence-electron chi connectivity index (χ3n) is 4.54. The molecule has 0 aliphatic carbocycles. The third kappa shape index (κ3) is 4.14. The topological polar surface area (TPSA) is 105 Å². The fourth-order valence-corrected chi connectivity index (χ4v) is 5.08. The predicted octanol–water partition coefficient (Wildman–Crippen LogP) is 0.245. The summed E-state index contributed by atoms with van der Waals surface area (Å²) in [5.41, 5.74) is 0.387. The molecule has 1 unspecified atom stereocenters. The molecule has 26 heavy (non-hydrogen) atoms. The van der Waals surface area contributed by atoms with Crippen LogP contribution < -0.4 is 0 Å². The highest BCUT2D eigenvalue weighted by Gasteiger charge is 2.32. The van der Waals surface area contributed by atoms with Crippen LogP contribution in [0.4, 0.5) is 0 Å². The zero-order valence-corrected chi connectivity index (χ0v) is 15.9. The summed E-state index contributed by atoms with van der Waals surface area (Å²) in [6.45, 7) is 6.28. The molecular formula is C16H25N5O4S. The molecule has 3 heterocycles. The van der Waals surface area contributed by atoms with E-state index >= 15 is 0 Å². The van der Waals surface area contributed by atoms with Gasteiger partial charge in [0.25, 0.3) is 0 Å². The van der Waals surface area contributed by atoms with Gasteiger partial charge in [0.2, 0.25) is 10.0 Å². The minimum atomic E-state index is -3.62. The van der Waals surface area contributed by atoms with Crippen molar-refractivity contribution < 1.29 is 18.0 Å². The Hall–Kier alpha value is -1.75. The number of hydrogen-bond donors (Lipinski definition) is 1. The Morgan fingerprint density at radius 2 is 2.04 bits per heavy atom. The molecule has 1 aliphatic heterocycles. The number of rotatable bonds is 6. The number of aryl methyl sites for hydroxylation is 2. The van der Waals surface area contributed by atoms with Crippen molar-refractivity contribution in [3.05, 3.63) is 29.9 Å². The first-order valence-corrected chi connectivity index (χ1v) is 10.1. The van der Waals surface area contributed by atoms with Crippen LogP contribution in [0.3, 0.4) is 0 Å². The van der Waals surface area contributed by atoms with Crippen molar-refractivity contribution in [2.45, 2.75) is 37.8 Å². The molecule has 1 aliphatic rings. The zero-order valence-electron chi connectivity index (χ0n) is 15.1. The Morgan fingerprint density at radius 3 is 2.69 bits per heavy atom. The van der Waals surface area contributed by atoms with Crippen LogP contribution >= 0.6 is 0 Å². The van der Waals surface area contributed by atoms with E-state index in [1.165, 1.54) is 4.31 Å². The lowest BCUT2D eigenvalue weighted by molar-refractivity contribution is 0.0973. The maximum Gasteiger partial charge on any atom is 0.248 e. The molecule has 3 rings (SSSR count). The molecule has 0 bridgehead atoms. The maximum absolute atomic E-state index is 12.9. The highest BCUT2D eigenvalue weighted by Crippen LogP contribution is 2.24. The van der Waals surface area contributed by atoms with Crippen LogP contribution in [0.15, 0.2) is 27.9 Å². The van der Waals surface area contributed by atoms with Gasteiger partial charge < -0.3 is 9.63 Å². The van der Waals surface area contributed by atoms with Crippen LogP contribution in [0.1, 0.15) is 17.9 Å². The van der Waals surface area contributed by atoms with Crippen molar-refractivity contribution >= 4 is 10.0 Å². The van der Waals surface area contributed by atoms with Crippen molar-refractivity contribution in [3.63, 3.8) is 0 Å². The summed E-state index contributed by atoms with van der Waals surface area (Å²) in [5, 5.41) is 18.1. The van der Waals surface area contributed by atoms with Crippen molar-refractivity contribution in [1.82, 2.24) is 24.1 Å². The van der Waals surface area contributed by atoms with Crippen molar-refractivity contribution in [2.75, 3.05) is 32.7 Å². The van der Waals surface area contributed by atoms with E-state index in [1.807, 2.05) is 12.3 Å². The highest BCUT2D eigenvalue weighted by molar-refractivity contribution is 7.89. The van der Waals surface area contributed by atoms with Crippen LogP contribution in [0.2, 0.25) is 0 Å². The summed E-state index contributed by atoms with van der Waals surface area (Å²) in [7, 11) is -3.62. The van der Waals surface area contributed by atoms with Crippen molar-refractivity contribution in [1.29, 1.82) is 0 Å². The van der Waals surface area contributed by atoms with E-state index < -0.39 is 16.1 Å². The molecule has 9 nitrogen and oxygen atoms in total. The minimum absolute atomic E-state index is 0.171. The summed E-state index contributed by atoms with van der Waals surface area (Å²) in [6, 6.07) is 1.82. The smallest absolute Gasteiger partial charge is 0.248 e. The summed E-state index contributed by atoms with van der Waals surface area (Å²) in [4.78, 5) is 2.27. The van der Waals surface area contributed by atoms with E-state index in [0.717, 1.165) is 6.54 Å². The van der Waals surface area contributed by atoms with Gasteiger partial charge in [0.05, 0.1) is 12.6 Å². The SMILES string of the molecule is Cc1noc(C)c1S(=O)(=O)N1CCCN(CC(O)Cn2cccn2)CC1. The summed E-state index contributed by atoms with van der Waals surface area (Å²) in [5.74, 6) is 0.318. The number of β-amino-alcohol motifs (C(OH)–C–C–N with tert-alkyl or cyclic N) is 1. The van der Waals surface area contributed by atoms with Gasteiger partial charge in [-0.25, -0.2) is 8.42 Å². The molecule has 2 aromatic heterocycles. The second-order valence-electron chi connectivity index (χ2n) is 6.59. The lowest BCUT2D eigenvalue weighted by atomic mass is 10.3. The Kier molecular flexibility index (Phi) is 5.76. The van der Waals surface area contributed by atoms with E-state index in [0.29, 0.717) is 50.6 Å². The molecule has 144 valence electrons. The summed E-state index contributed by atoms with van der Waals surface area (Å²) in [6.07, 6.45) is 3.64. The van der Waals surface area contributed by atoms with Gasteiger partial charge in [-0.15, -0.1) is 0 Å². The average molecular weight is 383 g/mol. The molecule has 0 spiro atoms. The van der Waals surface area contributed by atoms with Crippen LogP contribution in [-0.2, 0) is 16.6 Å². The average Bonchev–Trinajstić information content (AvgIpc) is 3.12. The molecule has 10 heteroatoms. The monoisotopic (exact) mass is 383 g/mol. The molecule has 2 aromatic rings. The highest BCUT2D eigenvalue weighted by atomic mass is 32.2. The predicted molar refractivity (Wildman–Crippen MR) is 94.0 cm³/mol. The normalized spacial score (nSPS) is 18.7. The lowest BCUT2D eigenvalue weighted by Crippen LogP contribution is -2.39. The van der Waals surface area contributed by atoms with E-state index in [4.69, 9.17) is 4.52 Å². The number of sulfonamides is 1. The molecule has 1 N–H and O–H groups in total. The van der Waals surface area contributed by atoms with Crippen LogP contribution in [0.5, 0.6) is 0 Å². The first-order valence-electron chi connectivity index (χ1n) is 8.69. The minimum Gasteiger partial charge on any atom is -0.390 e. The summed E-state index contributed by atoms with van der Waals surface area (Å²) >= 11 is 0. The van der Waals surface area contributed by atoms with E-state index in [-0.39, 0.29) is 4.90 Å². The maximum atomic E-state index is 12.9. The van der Waals surface area contributed by atoms with E-state index in [9.17, 15) is 13.5 Å². The van der Waals surface area contributed by atoms with Crippen LogP contribution in [-0.4, -0.2) is 76.5 Å². The third-order valence-corrected chi connectivity index (χ3v) is 6.68. The molecular weight excluding hydrogens is 358 g/mol. The first kappa shape index (κ1) is 19.0. The number of aliphatic hydroxyl groups excluding tert-OH is 1. The second-order valence-corrected chi connectivity index (χ2v) is 8.47.